The van der Waals surface area contributed by atoms with Gasteiger partial charge in [0.25, 0.3) is 0 Å². The fourth-order valence-electron chi connectivity index (χ4n) is 4.34. The summed E-state index contributed by atoms with van der Waals surface area (Å²) in [5.41, 5.74) is 1.89. The molecule has 0 N–H and O–H groups in total. The van der Waals surface area contributed by atoms with E-state index in [0.717, 1.165) is 37.2 Å². The maximum Gasteiger partial charge on any atom is 0.228 e. The van der Waals surface area contributed by atoms with Gasteiger partial charge >= 0.3 is 0 Å². The van der Waals surface area contributed by atoms with E-state index in [1.807, 2.05) is 65.7 Å². The van der Waals surface area contributed by atoms with Crippen LogP contribution in [0.2, 0.25) is 10.0 Å². The lowest BCUT2D eigenvalue weighted by Gasteiger charge is -2.43. The third-order valence-electron chi connectivity index (χ3n) is 6.17. The fraction of sp³-hybridized carbons (Fsp3) is 0.320. The number of aromatic nitrogens is 2. The summed E-state index contributed by atoms with van der Waals surface area (Å²) in [7, 11) is 2.10. The van der Waals surface area contributed by atoms with Crippen LogP contribution in [-0.2, 0) is 16.8 Å². The van der Waals surface area contributed by atoms with Gasteiger partial charge in [-0.3, -0.25) is 14.7 Å². The molecule has 0 unspecified atom stereocenters. The van der Waals surface area contributed by atoms with E-state index in [4.69, 9.17) is 23.2 Å². The number of piperidine rings is 1. The Morgan fingerprint density at radius 2 is 1.69 bits per heavy atom. The first kappa shape index (κ1) is 31.4. The highest BCUT2D eigenvalue weighted by molar-refractivity contribution is 6.42. The van der Waals surface area contributed by atoms with E-state index in [0.29, 0.717) is 28.8 Å². The van der Waals surface area contributed by atoms with Crippen LogP contribution in [0.4, 0.5) is 5.82 Å². The van der Waals surface area contributed by atoms with Crippen molar-refractivity contribution in [1.29, 1.82) is 0 Å². The Balaban J connectivity index is 0.00000204. The van der Waals surface area contributed by atoms with Gasteiger partial charge in [-0.05, 0) is 68.4 Å². The van der Waals surface area contributed by atoms with Crippen LogP contribution in [0.25, 0.3) is 0 Å². The van der Waals surface area contributed by atoms with Gasteiger partial charge in [-0.2, -0.15) is 0 Å². The van der Waals surface area contributed by atoms with Crippen LogP contribution in [0, 0.1) is 0 Å². The Kier molecular flexibility index (Phi) is 12.8. The van der Waals surface area contributed by atoms with E-state index < -0.39 is 0 Å². The molecule has 1 atom stereocenters. The SMILES string of the molecule is CN(CC[C@@]1(c2ccc(Cl)c(Cl)c2)CCC(=O)N(c2ccccn2)C1)Cc1ccccn1.Cl.Cl.Cl. The van der Waals surface area contributed by atoms with Crippen molar-refractivity contribution in [2.24, 2.45) is 0 Å². The normalized spacial score (nSPS) is 17.3. The summed E-state index contributed by atoms with van der Waals surface area (Å²) >= 11 is 12.6. The van der Waals surface area contributed by atoms with Crippen LogP contribution in [0.15, 0.2) is 67.0 Å². The Morgan fingerprint density at radius 3 is 2.31 bits per heavy atom. The summed E-state index contributed by atoms with van der Waals surface area (Å²) in [6.07, 6.45) is 5.62. The molecule has 0 spiro atoms. The molecule has 0 bridgehead atoms. The first-order valence-corrected chi connectivity index (χ1v) is 11.5. The molecule has 1 aliphatic rings. The number of nitrogens with zero attached hydrogens (tertiary/aromatic N) is 4. The predicted molar refractivity (Wildman–Crippen MR) is 151 cm³/mol. The van der Waals surface area contributed by atoms with Gasteiger partial charge in [0.1, 0.15) is 5.82 Å². The number of amides is 1. The van der Waals surface area contributed by atoms with E-state index in [1.54, 1.807) is 6.20 Å². The molecule has 0 aliphatic carbocycles. The summed E-state index contributed by atoms with van der Waals surface area (Å²) in [4.78, 5) is 25.8. The van der Waals surface area contributed by atoms with E-state index in [9.17, 15) is 4.79 Å². The molecule has 190 valence electrons. The highest BCUT2D eigenvalue weighted by Crippen LogP contribution is 2.41. The summed E-state index contributed by atoms with van der Waals surface area (Å²) < 4.78 is 0. The van der Waals surface area contributed by atoms with Crippen molar-refractivity contribution in [1.82, 2.24) is 14.9 Å². The van der Waals surface area contributed by atoms with Crippen LogP contribution in [0.1, 0.15) is 30.5 Å². The van der Waals surface area contributed by atoms with Gasteiger partial charge in [0.15, 0.2) is 0 Å². The molecule has 1 fully saturated rings. The molecule has 1 amide bonds. The van der Waals surface area contributed by atoms with Crippen molar-refractivity contribution in [2.75, 3.05) is 25.0 Å². The second-order valence-corrected chi connectivity index (χ2v) is 9.20. The number of carbonyl (C=O) groups is 1. The van der Waals surface area contributed by atoms with Crippen LogP contribution >= 0.6 is 60.4 Å². The number of anilines is 1. The molecule has 10 heteroatoms. The van der Waals surface area contributed by atoms with Crippen molar-refractivity contribution < 1.29 is 4.79 Å². The second-order valence-electron chi connectivity index (χ2n) is 8.39. The highest BCUT2D eigenvalue weighted by atomic mass is 35.5. The monoisotopic (exact) mass is 576 g/mol. The first-order valence-electron chi connectivity index (χ1n) is 10.7. The van der Waals surface area contributed by atoms with Crippen LogP contribution in [0.5, 0.6) is 0 Å². The van der Waals surface area contributed by atoms with E-state index in [1.165, 1.54) is 0 Å². The van der Waals surface area contributed by atoms with Crippen LogP contribution in [0.3, 0.4) is 0 Å². The van der Waals surface area contributed by atoms with Crippen molar-refractivity contribution in [3.63, 3.8) is 0 Å². The van der Waals surface area contributed by atoms with Gasteiger partial charge in [-0.25, -0.2) is 4.98 Å². The average Bonchev–Trinajstić information content (AvgIpc) is 2.82. The predicted octanol–water partition coefficient (Wildman–Crippen LogP) is 6.64. The minimum atomic E-state index is -0.252. The summed E-state index contributed by atoms with van der Waals surface area (Å²) in [5, 5.41) is 1.07. The number of pyridine rings is 2. The van der Waals surface area contributed by atoms with Crippen molar-refractivity contribution >= 4 is 72.1 Å². The third kappa shape index (κ3) is 7.69. The minimum Gasteiger partial charge on any atom is -0.301 e. The molecule has 4 rings (SSSR count). The molecular formula is C25H29Cl5N4O. The molecule has 3 aromatic rings. The molecule has 3 heterocycles. The van der Waals surface area contributed by atoms with Crippen molar-refractivity contribution in [3.05, 3.63) is 88.3 Å². The number of halogens is 5. The van der Waals surface area contributed by atoms with Gasteiger partial charge in [-0.1, -0.05) is 41.4 Å². The lowest BCUT2D eigenvalue weighted by Crippen LogP contribution is -2.50. The zero-order valence-corrected chi connectivity index (χ0v) is 23.2. The average molecular weight is 579 g/mol. The number of hydrogen-bond donors (Lipinski definition) is 0. The quantitative estimate of drug-likeness (QED) is 0.316. The topological polar surface area (TPSA) is 49.3 Å². The lowest BCUT2D eigenvalue weighted by molar-refractivity contribution is -0.120. The zero-order valence-electron chi connectivity index (χ0n) is 19.3. The largest absolute Gasteiger partial charge is 0.301 e. The smallest absolute Gasteiger partial charge is 0.228 e. The molecule has 1 saturated heterocycles. The molecular weight excluding hydrogens is 550 g/mol. The Labute approximate surface area is 235 Å². The third-order valence-corrected chi connectivity index (χ3v) is 6.91. The highest BCUT2D eigenvalue weighted by Gasteiger charge is 2.41. The molecule has 5 nitrogen and oxygen atoms in total. The summed E-state index contributed by atoms with van der Waals surface area (Å²) in [6.45, 7) is 2.17. The Hall–Kier alpha value is -1.60. The first-order chi connectivity index (χ1) is 15.5. The van der Waals surface area contributed by atoms with E-state index in [-0.39, 0.29) is 48.5 Å². The lowest BCUT2D eigenvalue weighted by atomic mass is 9.71. The summed E-state index contributed by atoms with van der Waals surface area (Å²) in [5.74, 6) is 0.782. The molecule has 0 saturated carbocycles. The number of benzene rings is 1. The van der Waals surface area contributed by atoms with Crippen molar-refractivity contribution in [3.8, 4) is 0 Å². The minimum absolute atomic E-state index is 0. The maximum atomic E-state index is 12.8. The molecule has 35 heavy (non-hydrogen) atoms. The fourth-order valence-corrected chi connectivity index (χ4v) is 4.63. The number of rotatable bonds is 7. The molecule has 2 aromatic heterocycles. The van der Waals surface area contributed by atoms with Gasteiger partial charge < -0.3 is 4.90 Å². The number of hydrogen-bond acceptors (Lipinski definition) is 4. The Bertz CT molecular complexity index is 1070. The second kappa shape index (κ2) is 14.2. The van der Waals surface area contributed by atoms with Crippen LogP contribution < -0.4 is 4.90 Å². The van der Waals surface area contributed by atoms with E-state index >= 15 is 0 Å². The maximum absolute atomic E-state index is 12.8. The zero-order chi connectivity index (χ0) is 22.6. The number of carbonyl (C=O) groups excluding carboxylic acids is 1. The standard InChI is InChI=1S/C25H26Cl2N4O.3ClH/c1-30(17-20-6-2-4-13-28-20)15-12-25(19-8-9-21(26)22(27)16-19)11-10-24(32)31(18-25)23-7-3-5-14-29-23;;;/h2-9,13-14,16H,10-12,15,17-18H2,1H3;3*1H/t25-;;;/m0.../s1. The molecule has 1 aliphatic heterocycles. The van der Waals surface area contributed by atoms with Gasteiger partial charge in [-0.15, -0.1) is 37.2 Å². The summed E-state index contributed by atoms with van der Waals surface area (Å²) in [6, 6.07) is 17.5. The molecule has 1 aromatic carbocycles. The Morgan fingerprint density at radius 1 is 0.971 bits per heavy atom. The van der Waals surface area contributed by atoms with Crippen molar-refractivity contribution in [2.45, 2.75) is 31.2 Å². The van der Waals surface area contributed by atoms with Gasteiger partial charge in [0.05, 0.1) is 15.7 Å². The molecule has 0 radical (unpaired) electrons. The van der Waals surface area contributed by atoms with Crippen LogP contribution in [-0.4, -0.2) is 40.9 Å². The van der Waals surface area contributed by atoms with Gasteiger partial charge in [0, 0.05) is 37.3 Å². The van der Waals surface area contributed by atoms with Gasteiger partial charge in [0.2, 0.25) is 5.91 Å². The van der Waals surface area contributed by atoms with E-state index in [2.05, 4.69) is 21.9 Å².